The predicted molar refractivity (Wildman–Crippen MR) is 32.2 cm³/mol. The van der Waals surface area contributed by atoms with Gasteiger partial charge in [-0.3, -0.25) is 0 Å². The van der Waals surface area contributed by atoms with E-state index >= 15 is 0 Å². The van der Waals surface area contributed by atoms with Crippen LogP contribution in [0.3, 0.4) is 0 Å². The monoisotopic (exact) mass is 390 g/mol. The Hall–Kier alpha value is 2.02. The molecule has 1 radical (unpaired) electrons. The van der Waals surface area contributed by atoms with Gasteiger partial charge in [-0.25, -0.2) is 0 Å². The summed E-state index contributed by atoms with van der Waals surface area (Å²) in [7, 11) is -1.14. The normalized spacial score (nSPS) is 32.6. The van der Waals surface area contributed by atoms with Crippen molar-refractivity contribution < 1.29 is 58.3 Å². The fourth-order valence-corrected chi connectivity index (χ4v) is 2.09. The molecule has 1 saturated heterocycles. The van der Waals surface area contributed by atoms with Gasteiger partial charge >= 0.3 is 0 Å². The molecule has 4 heteroatoms. The maximum atomic E-state index is 10.7. The first-order chi connectivity index (χ1) is 3.30. The van der Waals surface area contributed by atoms with Crippen LogP contribution in [-0.4, -0.2) is 11.8 Å². The second kappa shape index (κ2) is 6.72. The third-order valence-electron chi connectivity index (χ3n) is 1.42. The summed E-state index contributed by atoms with van der Waals surface area (Å²) in [6.07, 6.45) is 4.11. The van der Waals surface area contributed by atoms with Crippen LogP contribution in [0.4, 0.5) is 0 Å². The van der Waals surface area contributed by atoms with Crippen LogP contribution < -0.4 is 0 Å². The Kier molecular flexibility index (Phi) is 10.1. The van der Waals surface area contributed by atoms with Gasteiger partial charge in [-0.15, -0.1) is 6.16 Å². The van der Waals surface area contributed by atoms with E-state index in [1.54, 1.807) is 0 Å². The smallest absolute Gasteiger partial charge is 0.0483 e. The van der Waals surface area contributed by atoms with Gasteiger partial charge in [0.15, 0.2) is 0 Å². The molecule has 0 aliphatic carbocycles. The van der Waals surface area contributed by atoms with E-state index in [9.17, 15) is 4.57 Å². The van der Waals surface area contributed by atoms with Gasteiger partial charge in [0.1, 0.15) is 0 Å². The van der Waals surface area contributed by atoms with Crippen molar-refractivity contribution in [1.82, 2.24) is 0 Å². The Morgan fingerprint density at radius 1 is 1.67 bits per heavy atom. The summed E-state index contributed by atoms with van der Waals surface area (Å²) < 4.78 is 10.7. The SMILES string of the molecule is CC1C[CH-]C[PH]1=O.[W].[Y]. The van der Waals surface area contributed by atoms with Crippen molar-refractivity contribution in [2.24, 2.45) is 0 Å². The van der Waals surface area contributed by atoms with E-state index < -0.39 is 7.80 Å². The van der Waals surface area contributed by atoms with Crippen molar-refractivity contribution >= 4 is 7.80 Å². The molecule has 0 aromatic heterocycles. The van der Waals surface area contributed by atoms with Gasteiger partial charge in [-0.1, -0.05) is 6.92 Å². The Morgan fingerprint density at radius 3 is 2.33 bits per heavy atom. The van der Waals surface area contributed by atoms with Crippen LogP contribution in [0.2, 0.25) is 0 Å². The maximum absolute atomic E-state index is 10.7. The summed E-state index contributed by atoms with van der Waals surface area (Å²) in [6.45, 7) is 2.06. The Morgan fingerprint density at radius 2 is 2.22 bits per heavy atom. The minimum absolute atomic E-state index is 0. The fraction of sp³-hybridized carbons (Fsp3) is 0.800. The zero-order chi connectivity index (χ0) is 5.28. The minimum Gasteiger partial charge on any atom is -0.329 e. The molecule has 1 aliphatic rings. The summed E-state index contributed by atoms with van der Waals surface area (Å²) in [6, 6.07) is 0. The van der Waals surface area contributed by atoms with Gasteiger partial charge < -0.3 is 11.0 Å². The van der Waals surface area contributed by atoms with Crippen LogP contribution in [0.1, 0.15) is 13.3 Å². The first-order valence-corrected chi connectivity index (χ1v) is 4.34. The summed E-state index contributed by atoms with van der Waals surface area (Å²) >= 11 is 0. The average molecular weight is 390 g/mol. The molecule has 0 aromatic rings. The molecule has 2 unspecified atom stereocenters. The molecule has 1 nitrogen and oxygen atoms in total. The standard InChI is InChI=1S/C5H10OP.W.Y/c1-5-3-2-4-7(5)6;;/h2,5,7H,3-4H2,1H3;;/q-1;;. The molecule has 0 amide bonds. The molecule has 2 atom stereocenters. The van der Waals surface area contributed by atoms with Crippen molar-refractivity contribution in [2.45, 2.75) is 19.0 Å². The van der Waals surface area contributed by atoms with Crippen molar-refractivity contribution in [2.75, 3.05) is 6.16 Å². The van der Waals surface area contributed by atoms with Crippen LogP contribution in [-0.2, 0) is 58.3 Å². The van der Waals surface area contributed by atoms with Crippen LogP contribution in [0.5, 0.6) is 0 Å². The summed E-state index contributed by atoms with van der Waals surface area (Å²) in [5.74, 6) is 0. The van der Waals surface area contributed by atoms with Gasteiger partial charge in [-0.2, -0.15) is 6.42 Å². The average Bonchev–Trinajstić information content (AvgIpc) is 1.91. The molecule has 0 bridgehead atoms. The zero-order valence-electron chi connectivity index (χ0n) is 5.46. The second-order valence-electron chi connectivity index (χ2n) is 2.10. The second-order valence-corrected chi connectivity index (χ2v) is 4.42. The van der Waals surface area contributed by atoms with E-state index in [1.165, 1.54) is 0 Å². The van der Waals surface area contributed by atoms with Crippen LogP contribution in [0.15, 0.2) is 0 Å². The van der Waals surface area contributed by atoms with Crippen LogP contribution in [0, 0.1) is 6.42 Å². The van der Waals surface area contributed by atoms with Crippen molar-refractivity contribution in [3.63, 3.8) is 0 Å². The van der Waals surface area contributed by atoms with Gasteiger partial charge in [0.05, 0.1) is 0 Å². The van der Waals surface area contributed by atoms with E-state index in [4.69, 9.17) is 0 Å². The van der Waals surface area contributed by atoms with Gasteiger partial charge in [0.25, 0.3) is 0 Å². The van der Waals surface area contributed by atoms with Crippen molar-refractivity contribution in [3.05, 3.63) is 6.42 Å². The molecule has 1 rings (SSSR count). The van der Waals surface area contributed by atoms with E-state index in [0.717, 1.165) is 12.6 Å². The van der Waals surface area contributed by atoms with E-state index in [2.05, 4.69) is 13.3 Å². The van der Waals surface area contributed by atoms with E-state index in [1.807, 2.05) is 0 Å². The molecular weight excluding hydrogens is 380 g/mol. The largest absolute Gasteiger partial charge is 0.329 e. The first kappa shape index (κ1) is 13.6. The van der Waals surface area contributed by atoms with E-state index in [-0.39, 0.29) is 53.8 Å². The number of hydrogen-bond donors (Lipinski definition) is 0. The summed E-state index contributed by atoms with van der Waals surface area (Å²) in [4.78, 5) is 0. The molecule has 0 saturated carbocycles. The van der Waals surface area contributed by atoms with Gasteiger partial charge in [-0.05, 0) is 5.66 Å². The topological polar surface area (TPSA) is 17.1 Å². The summed E-state index contributed by atoms with van der Waals surface area (Å²) in [5.41, 5.74) is 0.505. The maximum Gasteiger partial charge on any atom is 0.0483 e. The molecule has 0 aromatic carbocycles. The van der Waals surface area contributed by atoms with Gasteiger partial charge in [0.2, 0.25) is 0 Å². The molecule has 9 heavy (non-hydrogen) atoms. The third kappa shape index (κ3) is 4.46. The molecule has 0 spiro atoms. The molecule has 51 valence electrons. The Bertz CT molecular complexity index is 99.0. The first-order valence-electron chi connectivity index (χ1n) is 2.65. The Labute approximate surface area is 96.7 Å². The zero-order valence-corrected chi connectivity index (χ0v) is 12.2. The fourth-order valence-electron chi connectivity index (χ4n) is 0.808. The quantitative estimate of drug-likeness (QED) is 0.454. The predicted octanol–water partition coefficient (Wildman–Crippen LogP) is 1.54. The van der Waals surface area contributed by atoms with Crippen molar-refractivity contribution in [1.29, 1.82) is 0 Å². The molecule has 1 fully saturated rings. The Balaban J connectivity index is 0. The van der Waals surface area contributed by atoms with E-state index in [0.29, 0.717) is 5.66 Å². The van der Waals surface area contributed by atoms with Crippen LogP contribution >= 0.6 is 7.80 Å². The summed E-state index contributed by atoms with van der Waals surface area (Å²) in [5, 5.41) is 0. The molecule has 1 aliphatic heterocycles. The number of rotatable bonds is 0. The number of hydrogen-bond acceptors (Lipinski definition) is 1. The third-order valence-corrected chi connectivity index (χ3v) is 3.44. The minimum atomic E-state index is -1.14. The van der Waals surface area contributed by atoms with Crippen molar-refractivity contribution in [3.8, 4) is 0 Å². The van der Waals surface area contributed by atoms with Gasteiger partial charge in [0, 0.05) is 61.6 Å². The molecule has 1 heterocycles. The van der Waals surface area contributed by atoms with Crippen LogP contribution in [0.25, 0.3) is 0 Å². The molecular formula is C5H10OPWY-. The molecule has 0 N–H and O–H groups in total.